The lowest BCUT2D eigenvalue weighted by molar-refractivity contribution is -0.120. The normalized spacial score (nSPS) is 11.1. The maximum Gasteiger partial charge on any atom is 0.333 e. The van der Waals surface area contributed by atoms with E-state index in [1.807, 2.05) is 42.5 Å². The van der Waals surface area contributed by atoms with Crippen molar-refractivity contribution in [2.24, 2.45) is 0 Å². The van der Waals surface area contributed by atoms with Gasteiger partial charge in [0.05, 0.1) is 23.0 Å². The predicted molar refractivity (Wildman–Crippen MR) is 135 cm³/mol. The Hall–Kier alpha value is -4.16. The lowest BCUT2D eigenvalue weighted by atomic mass is 10.0. The van der Waals surface area contributed by atoms with Crippen molar-refractivity contribution in [2.75, 3.05) is 0 Å². The second-order valence-electron chi connectivity index (χ2n) is 8.02. The molecule has 2 N–H and O–H groups in total. The lowest BCUT2D eigenvalue weighted by Crippen LogP contribution is -2.33. The first-order valence-corrected chi connectivity index (χ1v) is 11.1. The van der Waals surface area contributed by atoms with Crippen LogP contribution in [0.15, 0.2) is 94.5 Å². The minimum absolute atomic E-state index is 0.115. The summed E-state index contributed by atoms with van der Waals surface area (Å²) in [5.41, 5.74) is 1.66. The third-order valence-corrected chi connectivity index (χ3v) is 6.01. The quantitative estimate of drug-likeness (QED) is 0.401. The molecule has 0 spiro atoms. The van der Waals surface area contributed by atoms with Crippen molar-refractivity contribution in [1.82, 2.24) is 14.9 Å². The molecule has 0 saturated heterocycles. The Kier molecular flexibility index (Phi) is 5.74. The van der Waals surface area contributed by atoms with Gasteiger partial charge in [-0.25, -0.2) is 9.36 Å². The highest BCUT2D eigenvalue weighted by Gasteiger charge is 2.11. The third kappa shape index (κ3) is 4.23. The first-order chi connectivity index (χ1) is 16.5. The van der Waals surface area contributed by atoms with Crippen LogP contribution in [0.2, 0.25) is 5.02 Å². The molecule has 0 aliphatic carbocycles. The Labute approximate surface area is 199 Å². The van der Waals surface area contributed by atoms with Gasteiger partial charge >= 0.3 is 5.69 Å². The van der Waals surface area contributed by atoms with Crippen LogP contribution in [-0.2, 0) is 17.8 Å². The molecule has 5 rings (SSSR count). The van der Waals surface area contributed by atoms with Gasteiger partial charge in [0.25, 0.3) is 5.56 Å². The molecule has 0 aliphatic heterocycles. The van der Waals surface area contributed by atoms with Gasteiger partial charge in [-0.05, 0) is 52.2 Å². The van der Waals surface area contributed by atoms with Crippen molar-refractivity contribution in [3.63, 3.8) is 0 Å². The number of amides is 1. The van der Waals surface area contributed by atoms with Crippen LogP contribution < -0.4 is 16.6 Å². The number of fused-ring (bicyclic) bond motifs is 2. The highest BCUT2D eigenvalue weighted by atomic mass is 35.5. The molecule has 168 valence electrons. The van der Waals surface area contributed by atoms with E-state index >= 15 is 0 Å². The second-order valence-corrected chi connectivity index (χ2v) is 8.46. The van der Waals surface area contributed by atoms with E-state index in [9.17, 15) is 14.4 Å². The third-order valence-electron chi connectivity index (χ3n) is 5.77. The number of halogens is 1. The minimum atomic E-state index is -0.541. The number of aromatic amines is 1. The minimum Gasteiger partial charge on any atom is -0.352 e. The van der Waals surface area contributed by atoms with E-state index in [1.54, 1.807) is 36.4 Å². The summed E-state index contributed by atoms with van der Waals surface area (Å²) >= 11 is 6.01. The molecule has 7 heteroatoms. The summed E-state index contributed by atoms with van der Waals surface area (Å²) in [6.45, 7) is 0.433. The number of nitrogens with one attached hydrogen (secondary N) is 2. The zero-order chi connectivity index (χ0) is 23.7. The molecular weight excluding hydrogens is 450 g/mol. The average molecular weight is 470 g/mol. The van der Waals surface area contributed by atoms with Gasteiger partial charge in [-0.3, -0.25) is 9.59 Å². The SMILES string of the molecule is O=C(Cc1ccc(-n2c(=O)[nH]c3ccc(Cl)cc3c2=O)cc1)NCc1cccc2ccccc12. The summed E-state index contributed by atoms with van der Waals surface area (Å²) in [7, 11) is 0. The second kappa shape index (κ2) is 9.00. The van der Waals surface area contributed by atoms with Crippen molar-refractivity contribution in [1.29, 1.82) is 0 Å². The smallest absolute Gasteiger partial charge is 0.333 e. The van der Waals surface area contributed by atoms with E-state index < -0.39 is 11.2 Å². The van der Waals surface area contributed by atoms with Crippen LogP contribution in [0.5, 0.6) is 0 Å². The molecule has 6 nitrogen and oxygen atoms in total. The molecule has 1 aromatic heterocycles. The fourth-order valence-electron chi connectivity index (χ4n) is 4.07. The zero-order valence-corrected chi connectivity index (χ0v) is 18.8. The number of carbonyl (C=O) groups is 1. The molecule has 1 heterocycles. The zero-order valence-electron chi connectivity index (χ0n) is 18.0. The first kappa shape index (κ1) is 21.7. The molecule has 5 aromatic rings. The number of carbonyl (C=O) groups excluding carboxylic acids is 1. The summed E-state index contributed by atoms with van der Waals surface area (Å²) in [4.78, 5) is 40.7. The number of rotatable bonds is 5. The van der Waals surface area contributed by atoms with E-state index in [0.29, 0.717) is 28.2 Å². The van der Waals surface area contributed by atoms with Crippen LogP contribution in [-0.4, -0.2) is 15.5 Å². The van der Waals surface area contributed by atoms with Crippen LogP contribution in [0, 0.1) is 0 Å². The van der Waals surface area contributed by atoms with Gasteiger partial charge in [0.15, 0.2) is 0 Å². The molecule has 0 saturated carbocycles. The maximum absolute atomic E-state index is 12.9. The van der Waals surface area contributed by atoms with Gasteiger partial charge in [-0.15, -0.1) is 0 Å². The first-order valence-electron chi connectivity index (χ1n) is 10.8. The molecule has 0 unspecified atom stereocenters. The molecule has 4 aromatic carbocycles. The summed E-state index contributed by atoms with van der Waals surface area (Å²) < 4.78 is 1.06. The fraction of sp³-hybridized carbons (Fsp3) is 0.0741. The molecule has 0 bridgehead atoms. The number of benzene rings is 4. The fourth-order valence-corrected chi connectivity index (χ4v) is 4.24. The number of H-pyrrole nitrogens is 1. The number of nitrogens with zero attached hydrogens (tertiary/aromatic N) is 1. The van der Waals surface area contributed by atoms with Crippen LogP contribution in [0.3, 0.4) is 0 Å². The van der Waals surface area contributed by atoms with Crippen LogP contribution in [0.1, 0.15) is 11.1 Å². The molecule has 0 atom stereocenters. The van der Waals surface area contributed by atoms with E-state index in [1.165, 1.54) is 6.07 Å². The Bertz CT molecular complexity index is 1650. The Morgan fingerprint density at radius 2 is 1.65 bits per heavy atom. The average Bonchev–Trinajstić information content (AvgIpc) is 2.84. The highest BCUT2D eigenvalue weighted by molar-refractivity contribution is 6.31. The van der Waals surface area contributed by atoms with Crippen molar-refractivity contribution in [3.05, 3.63) is 122 Å². The number of aromatic nitrogens is 2. The van der Waals surface area contributed by atoms with E-state index in [2.05, 4.69) is 10.3 Å². The van der Waals surface area contributed by atoms with E-state index in [-0.39, 0.29) is 12.3 Å². The van der Waals surface area contributed by atoms with Gasteiger partial charge < -0.3 is 10.3 Å². The molecule has 1 amide bonds. The number of hydrogen-bond donors (Lipinski definition) is 2. The van der Waals surface area contributed by atoms with Gasteiger partial charge in [-0.1, -0.05) is 66.2 Å². The standard InChI is InChI=1S/C27H20ClN3O3/c28-20-10-13-24-23(15-20)26(33)31(27(34)30-24)21-11-8-17(9-12-21)14-25(32)29-16-19-6-3-5-18-4-1-2-7-22(18)19/h1-13,15H,14,16H2,(H,29,32)(H,30,34). The van der Waals surface area contributed by atoms with Crippen LogP contribution in [0.25, 0.3) is 27.4 Å². The maximum atomic E-state index is 12.9. The van der Waals surface area contributed by atoms with E-state index in [4.69, 9.17) is 11.6 Å². The predicted octanol–water partition coefficient (Wildman–Crippen LogP) is 4.34. The Balaban J connectivity index is 1.32. The van der Waals surface area contributed by atoms with Gasteiger partial charge in [-0.2, -0.15) is 0 Å². The van der Waals surface area contributed by atoms with Crippen LogP contribution in [0.4, 0.5) is 0 Å². The summed E-state index contributed by atoms with van der Waals surface area (Å²) in [5.74, 6) is -0.115. The Morgan fingerprint density at radius 1 is 0.882 bits per heavy atom. The van der Waals surface area contributed by atoms with Gasteiger partial charge in [0.2, 0.25) is 5.91 Å². The monoisotopic (exact) mass is 469 g/mol. The largest absolute Gasteiger partial charge is 0.352 e. The topological polar surface area (TPSA) is 84.0 Å². The van der Waals surface area contributed by atoms with Gasteiger partial charge in [0, 0.05) is 11.6 Å². The summed E-state index contributed by atoms with van der Waals surface area (Å²) in [6, 6.07) is 25.6. The summed E-state index contributed by atoms with van der Waals surface area (Å²) in [5, 5.41) is 5.94. The van der Waals surface area contributed by atoms with E-state index in [0.717, 1.165) is 26.5 Å². The van der Waals surface area contributed by atoms with Gasteiger partial charge in [0.1, 0.15) is 0 Å². The van der Waals surface area contributed by atoms with Crippen molar-refractivity contribution < 1.29 is 4.79 Å². The molecule has 0 radical (unpaired) electrons. The lowest BCUT2D eigenvalue weighted by Gasteiger charge is -2.10. The van der Waals surface area contributed by atoms with Crippen LogP contribution >= 0.6 is 11.6 Å². The van der Waals surface area contributed by atoms with Crippen molar-refractivity contribution in [3.8, 4) is 5.69 Å². The van der Waals surface area contributed by atoms with Crippen molar-refractivity contribution >= 4 is 39.2 Å². The molecule has 0 aliphatic rings. The van der Waals surface area contributed by atoms with Crippen molar-refractivity contribution in [2.45, 2.75) is 13.0 Å². The highest BCUT2D eigenvalue weighted by Crippen LogP contribution is 2.18. The molecule has 0 fully saturated rings. The molecule has 34 heavy (non-hydrogen) atoms. The molecular formula is C27H20ClN3O3. The summed E-state index contributed by atoms with van der Waals surface area (Å²) in [6.07, 6.45) is 0.184. The Morgan fingerprint density at radius 3 is 2.47 bits per heavy atom. The number of hydrogen-bond acceptors (Lipinski definition) is 3.